The van der Waals surface area contributed by atoms with E-state index in [0.717, 1.165) is 17.7 Å². The molecule has 1 heterocycles. The van der Waals surface area contributed by atoms with Gasteiger partial charge in [-0.05, 0) is 61.0 Å². The summed E-state index contributed by atoms with van der Waals surface area (Å²) in [6.45, 7) is 2.59. The number of hydrogen-bond donors (Lipinski definition) is 0. The third-order valence-corrected chi connectivity index (χ3v) is 6.35. The number of carbonyl (C=O) groups excluding carboxylic acids is 1. The first kappa shape index (κ1) is 22.7. The number of aryl methyl sites for hydroxylation is 1. The van der Waals surface area contributed by atoms with E-state index in [1.807, 2.05) is 73.7 Å². The molecular formula is C27H26N2O3S. The quantitative estimate of drug-likeness (QED) is 0.416. The van der Waals surface area contributed by atoms with Crippen LogP contribution in [0.5, 0.6) is 11.5 Å². The zero-order chi connectivity index (χ0) is 23.2. The predicted molar refractivity (Wildman–Crippen MR) is 135 cm³/mol. The Kier molecular flexibility index (Phi) is 7.15. The highest BCUT2D eigenvalue weighted by Gasteiger charge is 2.33. The van der Waals surface area contributed by atoms with E-state index in [4.69, 9.17) is 14.5 Å². The maximum atomic E-state index is 13.4. The number of amidine groups is 1. The molecule has 1 saturated heterocycles. The van der Waals surface area contributed by atoms with Gasteiger partial charge < -0.3 is 9.47 Å². The van der Waals surface area contributed by atoms with Gasteiger partial charge in [0.05, 0.1) is 24.8 Å². The van der Waals surface area contributed by atoms with Gasteiger partial charge in [0.25, 0.3) is 5.91 Å². The Labute approximate surface area is 198 Å². The summed E-state index contributed by atoms with van der Waals surface area (Å²) in [6, 6.07) is 23.7. The highest BCUT2D eigenvalue weighted by Crippen LogP contribution is 2.36. The van der Waals surface area contributed by atoms with E-state index >= 15 is 0 Å². The van der Waals surface area contributed by atoms with E-state index in [-0.39, 0.29) is 5.91 Å². The number of ether oxygens (including phenoxy) is 2. The summed E-state index contributed by atoms with van der Waals surface area (Å²) in [6.07, 6.45) is 2.61. The van der Waals surface area contributed by atoms with Crippen molar-refractivity contribution in [3.63, 3.8) is 0 Å². The molecule has 168 valence electrons. The first-order valence-electron chi connectivity index (χ1n) is 10.7. The smallest absolute Gasteiger partial charge is 0.266 e. The molecule has 0 unspecified atom stereocenters. The first-order valence-corrected chi connectivity index (χ1v) is 11.5. The Morgan fingerprint density at radius 2 is 1.73 bits per heavy atom. The predicted octanol–water partition coefficient (Wildman–Crippen LogP) is 5.86. The lowest BCUT2D eigenvalue weighted by atomic mass is 10.1. The summed E-state index contributed by atoms with van der Waals surface area (Å²) in [5.74, 6) is 1.29. The molecule has 1 fully saturated rings. The van der Waals surface area contributed by atoms with Crippen LogP contribution >= 0.6 is 11.8 Å². The molecule has 1 aliphatic rings. The molecule has 0 aromatic heterocycles. The van der Waals surface area contributed by atoms with E-state index in [1.54, 1.807) is 19.1 Å². The summed E-state index contributed by atoms with van der Waals surface area (Å²) in [7, 11) is 3.22. The molecule has 0 bridgehead atoms. The van der Waals surface area contributed by atoms with Gasteiger partial charge in [0.2, 0.25) is 0 Å². The van der Waals surface area contributed by atoms with E-state index in [2.05, 4.69) is 12.1 Å². The van der Waals surface area contributed by atoms with Crippen LogP contribution in [0.15, 0.2) is 82.7 Å². The number of methoxy groups -OCH3 is 2. The second-order valence-corrected chi connectivity index (χ2v) is 8.65. The number of benzene rings is 3. The second kappa shape index (κ2) is 10.4. The van der Waals surface area contributed by atoms with Crippen LogP contribution in [0.25, 0.3) is 6.08 Å². The number of carbonyl (C=O) groups is 1. The second-order valence-electron chi connectivity index (χ2n) is 7.64. The molecule has 1 aliphatic heterocycles. The van der Waals surface area contributed by atoms with Gasteiger partial charge in [-0.1, -0.05) is 48.0 Å². The van der Waals surface area contributed by atoms with Gasteiger partial charge in [-0.25, -0.2) is 4.99 Å². The third kappa shape index (κ3) is 5.46. The maximum absolute atomic E-state index is 13.4. The average Bonchev–Trinajstić information content (AvgIpc) is 3.13. The molecule has 6 heteroatoms. The van der Waals surface area contributed by atoms with Crippen LogP contribution in [0.1, 0.15) is 16.7 Å². The van der Waals surface area contributed by atoms with Crippen molar-refractivity contribution in [3.8, 4) is 11.5 Å². The van der Waals surface area contributed by atoms with Gasteiger partial charge in [-0.2, -0.15) is 0 Å². The van der Waals surface area contributed by atoms with Crippen molar-refractivity contribution in [2.24, 2.45) is 4.99 Å². The number of rotatable bonds is 7. The van der Waals surface area contributed by atoms with Crippen molar-refractivity contribution in [1.29, 1.82) is 0 Å². The lowest BCUT2D eigenvalue weighted by Gasteiger charge is -2.15. The fraction of sp³-hybridized carbons (Fsp3) is 0.185. The van der Waals surface area contributed by atoms with E-state index in [0.29, 0.717) is 28.1 Å². The fourth-order valence-corrected chi connectivity index (χ4v) is 4.50. The molecule has 0 saturated carbocycles. The number of amides is 1. The van der Waals surface area contributed by atoms with E-state index in [1.165, 1.54) is 22.9 Å². The average molecular weight is 459 g/mol. The van der Waals surface area contributed by atoms with E-state index < -0.39 is 0 Å². The Morgan fingerprint density at radius 1 is 0.970 bits per heavy atom. The summed E-state index contributed by atoms with van der Waals surface area (Å²) >= 11 is 1.39. The highest BCUT2D eigenvalue weighted by molar-refractivity contribution is 8.18. The number of thioether (sulfide) groups is 1. The highest BCUT2D eigenvalue weighted by atomic mass is 32.2. The normalized spacial score (nSPS) is 16.0. The molecule has 0 aliphatic carbocycles. The Hall–Kier alpha value is -3.51. The molecule has 3 aromatic rings. The summed E-state index contributed by atoms with van der Waals surface area (Å²) in [4.78, 5) is 20.6. The van der Waals surface area contributed by atoms with Crippen molar-refractivity contribution in [3.05, 3.63) is 94.4 Å². The van der Waals surface area contributed by atoms with Gasteiger partial charge in [-0.15, -0.1) is 0 Å². The Morgan fingerprint density at radius 3 is 2.42 bits per heavy atom. The molecule has 0 radical (unpaired) electrons. The molecule has 4 rings (SSSR count). The molecule has 33 heavy (non-hydrogen) atoms. The topological polar surface area (TPSA) is 51.1 Å². The van der Waals surface area contributed by atoms with Gasteiger partial charge in [-0.3, -0.25) is 9.69 Å². The Bertz CT molecular complexity index is 1190. The summed E-state index contributed by atoms with van der Waals surface area (Å²) in [5, 5.41) is 0.679. The molecule has 0 N–H and O–H groups in total. The van der Waals surface area contributed by atoms with Gasteiger partial charge in [0.15, 0.2) is 5.17 Å². The van der Waals surface area contributed by atoms with Gasteiger partial charge in [0.1, 0.15) is 11.5 Å². The zero-order valence-corrected chi connectivity index (χ0v) is 19.8. The third-order valence-electron chi connectivity index (χ3n) is 5.34. The van der Waals surface area contributed by atoms with Crippen molar-refractivity contribution in [1.82, 2.24) is 4.90 Å². The van der Waals surface area contributed by atoms with Crippen LogP contribution in [0.4, 0.5) is 5.69 Å². The standard InChI is InChI=1S/C27H26N2O3S/c1-19-9-12-22(13-10-19)28-27-29(16-15-20-7-5-4-6-8-20)26(30)25(33-27)17-21-11-14-23(31-2)18-24(21)32-3/h4-14,17-18H,15-16H2,1-3H3/b25-17+,28-27?. The largest absolute Gasteiger partial charge is 0.497 e. The van der Waals surface area contributed by atoms with Crippen molar-refractivity contribution < 1.29 is 14.3 Å². The van der Waals surface area contributed by atoms with Crippen LogP contribution in [-0.2, 0) is 11.2 Å². The minimum absolute atomic E-state index is 0.0559. The number of hydrogen-bond acceptors (Lipinski definition) is 5. The van der Waals surface area contributed by atoms with Crippen molar-refractivity contribution in [2.75, 3.05) is 20.8 Å². The SMILES string of the molecule is COc1ccc(/C=C2/SC(=Nc3ccc(C)cc3)N(CCc3ccccc3)C2=O)c(OC)c1. The van der Waals surface area contributed by atoms with Crippen LogP contribution in [0, 0.1) is 6.92 Å². The molecule has 0 atom stereocenters. The van der Waals surface area contributed by atoms with Gasteiger partial charge in [0, 0.05) is 18.2 Å². The monoisotopic (exact) mass is 458 g/mol. The minimum Gasteiger partial charge on any atom is -0.497 e. The molecular weight excluding hydrogens is 432 g/mol. The number of nitrogens with zero attached hydrogens (tertiary/aromatic N) is 2. The zero-order valence-electron chi connectivity index (χ0n) is 18.9. The summed E-state index contributed by atoms with van der Waals surface area (Å²) in [5.41, 5.74) is 3.99. The van der Waals surface area contributed by atoms with E-state index in [9.17, 15) is 4.79 Å². The molecule has 3 aromatic carbocycles. The minimum atomic E-state index is -0.0559. The molecule has 1 amide bonds. The van der Waals surface area contributed by atoms with Crippen molar-refractivity contribution in [2.45, 2.75) is 13.3 Å². The van der Waals surface area contributed by atoms with Crippen LogP contribution < -0.4 is 9.47 Å². The van der Waals surface area contributed by atoms with Crippen LogP contribution in [0.2, 0.25) is 0 Å². The molecule has 5 nitrogen and oxygen atoms in total. The van der Waals surface area contributed by atoms with Crippen LogP contribution in [0.3, 0.4) is 0 Å². The lowest BCUT2D eigenvalue weighted by Crippen LogP contribution is -2.31. The number of aliphatic imine (C=N–C) groups is 1. The van der Waals surface area contributed by atoms with Gasteiger partial charge >= 0.3 is 0 Å². The van der Waals surface area contributed by atoms with Crippen molar-refractivity contribution >= 4 is 34.6 Å². The maximum Gasteiger partial charge on any atom is 0.266 e. The summed E-state index contributed by atoms with van der Waals surface area (Å²) < 4.78 is 10.8. The Balaban J connectivity index is 1.66. The first-order chi connectivity index (χ1) is 16.1. The lowest BCUT2D eigenvalue weighted by molar-refractivity contribution is -0.122. The molecule has 0 spiro atoms. The van der Waals surface area contributed by atoms with Crippen LogP contribution in [-0.4, -0.2) is 36.7 Å². The fourth-order valence-electron chi connectivity index (χ4n) is 3.48.